The van der Waals surface area contributed by atoms with Crippen molar-refractivity contribution in [2.75, 3.05) is 13.1 Å². The van der Waals surface area contributed by atoms with Gasteiger partial charge in [-0.15, -0.1) is 0 Å². The first-order valence-corrected chi connectivity index (χ1v) is 6.46. The van der Waals surface area contributed by atoms with Crippen LogP contribution in [-0.4, -0.2) is 36.2 Å². The molecule has 1 unspecified atom stereocenters. The van der Waals surface area contributed by atoms with Crippen molar-refractivity contribution in [1.29, 1.82) is 0 Å². The monoisotopic (exact) mass is 248 g/mol. The summed E-state index contributed by atoms with van der Waals surface area (Å²) in [6, 6.07) is 10.3. The predicted octanol–water partition coefficient (Wildman–Crippen LogP) is 0.458. The van der Waals surface area contributed by atoms with Crippen molar-refractivity contribution in [2.24, 2.45) is 0 Å². The predicted molar refractivity (Wildman–Crippen MR) is 70.2 cm³/mol. The third-order valence-electron chi connectivity index (χ3n) is 2.98. The largest absolute Gasteiger partial charge is 0.391 e. The smallest absolute Gasteiger partial charge is 0.234 e. The van der Waals surface area contributed by atoms with Crippen LogP contribution in [0.3, 0.4) is 0 Å². The highest BCUT2D eigenvalue weighted by Crippen LogP contribution is 2.17. The molecule has 1 fully saturated rings. The van der Waals surface area contributed by atoms with Crippen LogP contribution in [0.15, 0.2) is 30.3 Å². The van der Waals surface area contributed by atoms with E-state index >= 15 is 0 Å². The molecule has 1 aliphatic carbocycles. The second-order valence-electron chi connectivity index (χ2n) is 4.80. The van der Waals surface area contributed by atoms with Crippen LogP contribution in [0.1, 0.15) is 18.4 Å². The molecule has 0 bridgehead atoms. The van der Waals surface area contributed by atoms with Gasteiger partial charge in [-0.1, -0.05) is 30.3 Å². The van der Waals surface area contributed by atoms with E-state index in [1.165, 1.54) is 12.8 Å². The summed E-state index contributed by atoms with van der Waals surface area (Å²) in [5.74, 6) is -0.0472. The molecule has 1 amide bonds. The van der Waals surface area contributed by atoms with Gasteiger partial charge in [0.05, 0.1) is 12.6 Å². The molecule has 98 valence electrons. The Morgan fingerprint density at radius 3 is 2.72 bits per heavy atom. The van der Waals surface area contributed by atoms with Crippen molar-refractivity contribution in [2.45, 2.75) is 31.4 Å². The minimum Gasteiger partial charge on any atom is -0.391 e. The number of nitrogens with one attached hydrogen (secondary N) is 2. The number of hydrogen-bond acceptors (Lipinski definition) is 3. The molecule has 2 rings (SSSR count). The van der Waals surface area contributed by atoms with Gasteiger partial charge in [-0.2, -0.15) is 0 Å². The van der Waals surface area contributed by atoms with Crippen LogP contribution in [0, 0.1) is 0 Å². The summed E-state index contributed by atoms with van der Waals surface area (Å²) < 4.78 is 0. The van der Waals surface area contributed by atoms with Gasteiger partial charge in [0, 0.05) is 19.0 Å². The van der Waals surface area contributed by atoms with E-state index < -0.39 is 6.10 Å². The maximum atomic E-state index is 11.4. The van der Waals surface area contributed by atoms with E-state index in [2.05, 4.69) is 10.6 Å². The molecule has 1 saturated carbocycles. The molecule has 1 aliphatic rings. The highest BCUT2D eigenvalue weighted by atomic mass is 16.3. The van der Waals surface area contributed by atoms with E-state index in [1.807, 2.05) is 30.3 Å². The van der Waals surface area contributed by atoms with Gasteiger partial charge in [0.15, 0.2) is 0 Å². The van der Waals surface area contributed by atoms with Crippen molar-refractivity contribution in [1.82, 2.24) is 10.6 Å². The van der Waals surface area contributed by atoms with Gasteiger partial charge in [0.1, 0.15) is 0 Å². The van der Waals surface area contributed by atoms with Gasteiger partial charge in [-0.05, 0) is 18.4 Å². The molecule has 0 radical (unpaired) electrons. The van der Waals surface area contributed by atoms with Crippen molar-refractivity contribution >= 4 is 5.91 Å². The zero-order valence-corrected chi connectivity index (χ0v) is 10.4. The minimum absolute atomic E-state index is 0.0472. The van der Waals surface area contributed by atoms with Gasteiger partial charge < -0.3 is 15.7 Å². The van der Waals surface area contributed by atoms with E-state index in [0.717, 1.165) is 5.56 Å². The molecule has 0 saturated heterocycles. The number of rotatable bonds is 7. The summed E-state index contributed by atoms with van der Waals surface area (Å²) in [5.41, 5.74) is 1.08. The molecule has 1 atom stereocenters. The van der Waals surface area contributed by atoms with Crippen LogP contribution in [0.4, 0.5) is 0 Å². The first kappa shape index (κ1) is 13.1. The molecule has 0 spiro atoms. The van der Waals surface area contributed by atoms with Crippen LogP contribution in [0.5, 0.6) is 0 Å². The lowest BCUT2D eigenvalue weighted by Gasteiger charge is -2.12. The Hall–Kier alpha value is -1.39. The lowest BCUT2D eigenvalue weighted by atomic mass is 10.1. The number of amides is 1. The second kappa shape index (κ2) is 6.52. The number of aliphatic hydroxyl groups excluding tert-OH is 1. The summed E-state index contributed by atoms with van der Waals surface area (Å²) in [4.78, 5) is 11.4. The highest BCUT2D eigenvalue weighted by Gasteiger charge is 2.21. The fourth-order valence-electron chi connectivity index (χ4n) is 1.78. The molecular formula is C14H20N2O2. The fraction of sp³-hybridized carbons (Fsp3) is 0.500. The Labute approximate surface area is 107 Å². The van der Waals surface area contributed by atoms with E-state index in [0.29, 0.717) is 25.6 Å². The quantitative estimate of drug-likeness (QED) is 0.657. The summed E-state index contributed by atoms with van der Waals surface area (Å²) in [5, 5.41) is 15.7. The zero-order chi connectivity index (χ0) is 12.8. The Kier molecular flexibility index (Phi) is 4.73. The number of hydrogen-bond donors (Lipinski definition) is 3. The van der Waals surface area contributed by atoms with Gasteiger partial charge in [0.25, 0.3) is 0 Å². The lowest BCUT2D eigenvalue weighted by Crippen LogP contribution is -2.39. The average Bonchev–Trinajstić information content (AvgIpc) is 3.19. The second-order valence-corrected chi connectivity index (χ2v) is 4.80. The molecule has 4 heteroatoms. The van der Waals surface area contributed by atoms with E-state index in [4.69, 9.17) is 0 Å². The Bertz CT molecular complexity index is 377. The summed E-state index contributed by atoms with van der Waals surface area (Å²) in [6.45, 7) is 0.656. The van der Waals surface area contributed by atoms with Crippen LogP contribution in [-0.2, 0) is 11.2 Å². The highest BCUT2D eigenvalue weighted by molar-refractivity contribution is 5.78. The van der Waals surface area contributed by atoms with Crippen LogP contribution in [0.25, 0.3) is 0 Å². The van der Waals surface area contributed by atoms with Crippen molar-refractivity contribution < 1.29 is 9.90 Å². The van der Waals surface area contributed by atoms with Gasteiger partial charge >= 0.3 is 0 Å². The van der Waals surface area contributed by atoms with Crippen LogP contribution < -0.4 is 10.6 Å². The normalized spacial score (nSPS) is 16.3. The molecule has 1 aromatic carbocycles. The fourth-order valence-corrected chi connectivity index (χ4v) is 1.78. The average molecular weight is 248 g/mol. The SMILES string of the molecule is O=C(CNC1CC1)NCC(O)Cc1ccccc1. The third kappa shape index (κ3) is 4.85. The zero-order valence-electron chi connectivity index (χ0n) is 10.4. The molecule has 0 aromatic heterocycles. The maximum absolute atomic E-state index is 11.4. The van der Waals surface area contributed by atoms with Crippen molar-refractivity contribution in [3.05, 3.63) is 35.9 Å². The Balaban J connectivity index is 1.61. The molecule has 0 aliphatic heterocycles. The standard InChI is InChI=1S/C14H20N2O2/c17-13(8-11-4-2-1-3-5-11)9-16-14(18)10-15-12-6-7-12/h1-5,12-13,15,17H,6-10H2,(H,16,18). The van der Waals surface area contributed by atoms with Gasteiger partial charge in [-0.3, -0.25) is 4.79 Å². The third-order valence-corrected chi connectivity index (χ3v) is 2.98. The molecule has 18 heavy (non-hydrogen) atoms. The minimum atomic E-state index is -0.530. The lowest BCUT2D eigenvalue weighted by molar-refractivity contribution is -0.120. The van der Waals surface area contributed by atoms with Crippen LogP contribution >= 0.6 is 0 Å². The first-order chi connectivity index (χ1) is 8.74. The summed E-state index contributed by atoms with van der Waals surface area (Å²) in [7, 11) is 0. The van der Waals surface area contributed by atoms with E-state index in [9.17, 15) is 9.90 Å². The van der Waals surface area contributed by atoms with E-state index in [-0.39, 0.29) is 5.91 Å². The number of benzene rings is 1. The first-order valence-electron chi connectivity index (χ1n) is 6.46. The molecule has 1 aromatic rings. The summed E-state index contributed by atoms with van der Waals surface area (Å²) in [6.07, 6.45) is 2.38. The topological polar surface area (TPSA) is 61.4 Å². The van der Waals surface area contributed by atoms with Crippen molar-refractivity contribution in [3.8, 4) is 0 Å². The molecule has 3 N–H and O–H groups in total. The van der Waals surface area contributed by atoms with Crippen molar-refractivity contribution in [3.63, 3.8) is 0 Å². The molecule has 0 heterocycles. The Morgan fingerprint density at radius 1 is 1.33 bits per heavy atom. The van der Waals surface area contributed by atoms with Gasteiger partial charge in [0.2, 0.25) is 5.91 Å². The summed E-state index contributed by atoms with van der Waals surface area (Å²) >= 11 is 0. The molecule has 4 nitrogen and oxygen atoms in total. The molecular weight excluding hydrogens is 228 g/mol. The number of carbonyl (C=O) groups excluding carboxylic acids is 1. The number of carbonyl (C=O) groups is 1. The van der Waals surface area contributed by atoms with E-state index in [1.54, 1.807) is 0 Å². The maximum Gasteiger partial charge on any atom is 0.234 e. The number of aliphatic hydroxyl groups is 1. The Morgan fingerprint density at radius 2 is 2.06 bits per heavy atom. The van der Waals surface area contributed by atoms with Crippen LogP contribution in [0.2, 0.25) is 0 Å². The van der Waals surface area contributed by atoms with Gasteiger partial charge in [-0.25, -0.2) is 0 Å².